The fourth-order valence-corrected chi connectivity index (χ4v) is 3.30. The van der Waals surface area contributed by atoms with Gasteiger partial charge in [-0.1, -0.05) is 17.7 Å². The molecule has 0 aromatic heterocycles. The molecule has 1 aliphatic rings. The minimum atomic E-state index is -0.435. The molecule has 1 aliphatic heterocycles. The second-order valence-corrected chi connectivity index (χ2v) is 6.88. The zero-order chi connectivity index (χ0) is 18.8. The summed E-state index contributed by atoms with van der Waals surface area (Å²) in [6.45, 7) is 6.25. The van der Waals surface area contributed by atoms with Crippen molar-refractivity contribution in [1.29, 1.82) is 0 Å². The van der Waals surface area contributed by atoms with Crippen molar-refractivity contribution in [2.45, 2.75) is 13.8 Å². The summed E-state index contributed by atoms with van der Waals surface area (Å²) in [6, 6.07) is 10.5. The number of hydrogen-bond acceptors (Lipinski definition) is 4. The number of carbonyl (C=O) groups excluding carboxylic acids is 1. The number of benzene rings is 2. The van der Waals surface area contributed by atoms with E-state index in [4.69, 9.17) is 11.6 Å². The molecule has 0 saturated carbocycles. The van der Waals surface area contributed by atoms with Gasteiger partial charge in [0.05, 0.1) is 4.92 Å². The minimum absolute atomic E-state index is 0.0302. The van der Waals surface area contributed by atoms with E-state index in [9.17, 15) is 14.9 Å². The van der Waals surface area contributed by atoms with Gasteiger partial charge in [0, 0.05) is 54.1 Å². The predicted molar refractivity (Wildman–Crippen MR) is 102 cm³/mol. The van der Waals surface area contributed by atoms with Crippen LogP contribution < -0.4 is 4.90 Å². The standard InChI is InChI=1S/C19H20ClN3O3/c1-13-3-5-16(12-17(13)20)21-7-9-22(10-8-21)19(24)15-4-6-18(23(25)26)14(2)11-15/h3-6,11-12H,7-10H2,1-2H3. The van der Waals surface area contributed by atoms with Crippen LogP contribution in [-0.2, 0) is 0 Å². The van der Waals surface area contributed by atoms with Crippen molar-refractivity contribution in [3.63, 3.8) is 0 Å². The van der Waals surface area contributed by atoms with Crippen molar-refractivity contribution in [2.75, 3.05) is 31.1 Å². The number of nitro benzene ring substituents is 1. The molecule has 26 heavy (non-hydrogen) atoms. The molecule has 0 radical (unpaired) electrons. The SMILES string of the molecule is Cc1ccc(N2CCN(C(=O)c3ccc([N+](=O)[O-])c(C)c3)CC2)cc1Cl. The zero-order valence-electron chi connectivity index (χ0n) is 14.7. The van der Waals surface area contributed by atoms with Crippen LogP contribution >= 0.6 is 11.6 Å². The number of nitro groups is 1. The number of anilines is 1. The maximum atomic E-state index is 12.7. The molecule has 0 atom stereocenters. The summed E-state index contributed by atoms with van der Waals surface area (Å²) in [6.07, 6.45) is 0. The lowest BCUT2D eigenvalue weighted by atomic mass is 10.1. The van der Waals surface area contributed by atoms with Gasteiger partial charge in [-0.05, 0) is 43.7 Å². The number of piperazine rings is 1. The molecule has 2 aromatic carbocycles. The molecule has 136 valence electrons. The van der Waals surface area contributed by atoms with Crippen molar-refractivity contribution in [3.8, 4) is 0 Å². The van der Waals surface area contributed by atoms with Gasteiger partial charge in [-0.25, -0.2) is 0 Å². The number of amides is 1. The summed E-state index contributed by atoms with van der Waals surface area (Å²) < 4.78 is 0. The van der Waals surface area contributed by atoms with Gasteiger partial charge in [-0.15, -0.1) is 0 Å². The first-order valence-electron chi connectivity index (χ1n) is 8.42. The third kappa shape index (κ3) is 3.65. The van der Waals surface area contributed by atoms with Crippen molar-refractivity contribution in [2.24, 2.45) is 0 Å². The minimum Gasteiger partial charge on any atom is -0.368 e. The van der Waals surface area contributed by atoms with Gasteiger partial charge < -0.3 is 9.80 Å². The normalized spacial score (nSPS) is 14.4. The topological polar surface area (TPSA) is 66.7 Å². The predicted octanol–water partition coefficient (Wildman–Crippen LogP) is 3.83. The Morgan fingerprint density at radius 1 is 1.04 bits per heavy atom. The maximum Gasteiger partial charge on any atom is 0.272 e. The Balaban J connectivity index is 1.67. The van der Waals surface area contributed by atoms with Gasteiger partial charge in [-0.3, -0.25) is 14.9 Å². The van der Waals surface area contributed by atoms with Crippen molar-refractivity contribution < 1.29 is 9.72 Å². The third-order valence-electron chi connectivity index (χ3n) is 4.73. The lowest BCUT2D eigenvalue weighted by molar-refractivity contribution is -0.385. The molecule has 0 N–H and O–H groups in total. The Morgan fingerprint density at radius 3 is 2.31 bits per heavy atom. The van der Waals surface area contributed by atoms with Gasteiger partial charge in [0.25, 0.3) is 11.6 Å². The van der Waals surface area contributed by atoms with E-state index in [-0.39, 0.29) is 11.6 Å². The lowest BCUT2D eigenvalue weighted by Gasteiger charge is -2.36. The number of carbonyl (C=O) groups is 1. The first-order valence-corrected chi connectivity index (χ1v) is 8.80. The van der Waals surface area contributed by atoms with E-state index in [1.165, 1.54) is 12.1 Å². The smallest absolute Gasteiger partial charge is 0.272 e. The quantitative estimate of drug-likeness (QED) is 0.605. The van der Waals surface area contributed by atoms with Crippen LogP contribution in [0.5, 0.6) is 0 Å². The Morgan fingerprint density at radius 2 is 1.73 bits per heavy atom. The third-order valence-corrected chi connectivity index (χ3v) is 5.14. The summed E-state index contributed by atoms with van der Waals surface area (Å²) in [5.74, 6) is -0.0930. The fraction of sp³-hybridized carbons (Fsp3) is 0.316. The molecule has 6 nitrogen and oxygen atoms in total. The Bertz CT molecular complexity index is 861. The number of nitrogens with zero attached hydrogens (tertiary/aromatic N) is 3. The first-order chi connectivity index (χ1) is 12.4. The van der Waals surface area contributed by atoms with Gasteiger partial charge in [0.15, 0.2) is 0 Å². The van der Waals surface area contributed by atoms with Crippen LogP contribution in [0.3, 0.4) is 0 Å². The molecule has 1 heterocycles. The largest absolute Gasteiger partial charge is 0.368 e. The average Bonchev–Trinajstić information content (AvgIpc) is 2.63. The highest BCUT2D eigenvalue weighted by Gasteiger charge is 2.23. The van der Waals surface area contributed by atoms with Gasteiger partial charge in [0.1, 0.15) is 0 Å². The van der Waals surface area contributed by atoms with Crippen LogP contribution in [0.1, 0.15) is 21.5 Å². The Kier molecular flexibility index (Phi) is 5.13. The summed E-state index contributed by atoms with van der Waals surface area (Å²) in [5.41, 5.74) is 3.10. The molecule has 0 bridgehead atoms. The number of halogens is 1. The zero-order valence-corrected chi connectivity index (χ0v) is 15.5. The molecule has 0 spiro atoms. The molecule has 0 unspecified atom stereocenters. The van der Waals surface area contributed by atoms with E-state index >= 15 is 0 Å². The first kappa shape index (κ1) is 18.2. The van der Waals surface area contributed by atoms with Crippen molar-refractivity contribution in [1.82, 2.24) is 4.90 Å². The Hall–Kier alpha value is -2.60. The highest BCUT2D eigenvalue weighted by atomic mass is 35.5. The highest BCUT2D eigenvalue weighted by molar-refractivity contribution is 6.31. The van der Waals surface area contributed by atoms with Crippen LogP contribution in [0.25, 0.3) is 0 Å². The molecule has 7 heteroatoms. The van der Waals surface area contributed by atoms with E-state index in [1.807, 2.05) is 25.1 Å². The van der Waals surface area contributed by atoms with E-state index in [0.717, 1.165) is 29.4 Å². The fourth-order valence-electron chi connectivity index (χ4n) is 3.12. The van der Waals surface area contributed by atoms with Crippen LogP contribution in [0.2, 0.25) is 5.02 Å². The Labute approximate surface area is 157 Å². The average molecular weight is 374 g/mol. The summed E-state index contributed by atoms with van der Waals surface area (Å²) >= 11 is 6.20. The molecule has 3 rings (SSSR count). The maximum absolute atomic E-state index is 12.7. The van der Waals surface area contributed by atoms with E-state index in [2.05, 4.69) is 4.90 Å². The van der Waals surface area contributed by atoms with Crippen molar-refractivity contribution in [3.05, 3.63) is 68.2 Å². The van der Waals surface area contributed by atoms with E-state index < -0.39 is 4.92 Å². The number of hydrogen-bond donors (Lipinski definition) is 0. The van der Waals surface area contributed by atoms with E-state index in [1.54, 1.807) is 17.9 Å². The van der Waals surface area contributed by atoms with Crippen LogP contribution in [0.4, 0.5) is 11.4 Å². The van der Waals surface area contributed by atoms with Crippen LogP contribution in [-0.4, -0.2) is 41.9 Å². The second-order valence-electron chi connectivity index (χ2n) is 6.47. The van der Waals surface area contributed by atoms with Gasteiger partial charge in [-0.2, -0.15) is 0 Å². The number of rotatable bonds is 3. The molecule has 1 saturated heterocycles. The van der Waals surface area contributed by atoms with Gasteiger partial charge >= 0.3 is 0 Å². The monoisotopic (exact) mass is 373 g/mol. The van der Waals surface area contributed by atoms with Crippen LogP contribution in [0, 0.1) is 24.0 Å². The number of aryl methyl sites for hydroxylation is 2. The molecule has 1 amide bonds. The molecular formula is C19H20ClN3O3. The van der Waals surface area contributed by atoms with Crippen LogP contribution in [0.15, 0.2) is 36.4 Å². The second kappa shape index (κ2) is 7.33. The highest BCUT2D eigenvalue weighted by Crippen LogP contribution is 2.25. The van der Waals surface area contributed by atoms with Gasteiger partial charge in [0.2, 0.25) is 0 Å². The van der Waals surface area contributed by atoms with E-state index in [0.29, 0.717) is 24.2 Å². The summed E-state index contributed by atoms with van der Waals surface area (Å²) in [5, 5.41) is 11.7. The molecule has 2 aromatic rings. The lowest BCUT2D eigenvalue weighted by Crippen LogP contribution is -2.48. The summed E-state index contributed by atoms with van der Waals surface area (Å²) in [4.78, 5) is 27.2. The molecular weight excluding hydrogens is 354 g/mol. The van der Waals surface area contributed by atoms with Crippen molar-refractivity contribution >= 4 is 28.9 Å². The molecule has 0 aliphatic carbocycles. The summed E-state index contributed by atoms with van der Waals surface area (Å²) in [7, 11) is 0. The molecule has 1 fully saturated rings.